The van der Waals surface area contributed by atoms with Crippen molar-refractivity contribution < 1.29 is 18.7 Å². The molecular formula is C28H33N5O4. The Morgan fingerprint density at radius 2 is 1.86 bits per heavy atom. The Kier molecular flexibility index (Phi) is 7.79. The molecule has 0 radical (unpaired) electrons. The second-order valence-corrected chi connectivity index (χ2v) is 9.66. The molecule has 37 heavy (non-hydrogen) atoms. The minimum atomic E-state index is -0.283. The molecule has 2 amide bonds. The summed E-state index contributed by atoms with van der Waals surface area (Å²) in [5, 5.41) is 8.90. The standard InChI is InChI=1S/C28H33N5O4/c1-21-7-9-22(10-8-21)24-11-12-26(30-29-24)31-13-4-14-32(16-15-31)27(34)20-33(19-23-5-2-17-36-23)28(35)25-6-3-18-37-25/h3,6-12,18,23H,2,4-5,13-17,19-20H2,1H3. The van der Waals surface area contributed by atoms with E-state index in [0.29, 0.717) is 32.8 Å². The molecule has 1 atom stereocenters. The van der Waals surface area contributed by atoms with Gasteiger partial charge < -0.3 is 23.9 Å². The van der Waals surface area contributed by atoms with E-state index in [1.54, 1.807) is 17.0 Å². The lowest BCUT2D eigenvalue weighted by Gasteiger charge is -2.28. The smallest absolute Gasteiger partial charge is 0.290 e. The predicted octanol–water partition coefficient (Wildman–Crippen LogP) is 3.41. The van der Waals surface area contributed by atoms with E-state index < -0.39 is 0 Å². The molecule has 9 nitrogen and oxygen atoms in total. The van der Waals surface area contributed by atoms with Gasteiger partial charge >= 0.3 is 0 Å². The van der Waals surface area contributed by atoms with Gasteiger partial charge in [0.25, 0.3) is 5.91 Å². The summed E-state index contributed by atoms with van der Waals surface area (Å²) in [6.45, 7) is 5.77. The van der Waals surface area contributed by atoms with E-state index in [1.807, 2.05) is 29.2 Å². The Bertz CT molecular complexity index is 1170. The highest BCUT2D eigenvalue weighted by Crippen LogP contribution is 2.20. The lowest BCUT2D eigenvalue weighted by molar-refractivity contribution is -0.132. The maximum Gasteiger partial charge on any atom is 0.290 e. The van der Waals surface area contributed by atoms with Crippen LogP contribution in [0, 0.1) is 6.92 Å². The first-order valence-corrected chi connectivity index (χ1v) is 12.9. The molecule has 0 spiro atoms. The minimum Gasteiger partial charge on any atom is -0.459 e. The van der Waals surface area contributed by atoms with E-state index in [9.17, 15) is 9.59 Å². The van der Waals surface area contributed by atoms with Crippen LogP contribution in [0.2, 0.25) is 0 Å². The third-order valence-electron chi connectivity index (χ3n) is 6.96. The molecule has 0 N–H and O–H groups in total. The summed E-state index contributed by atoms with van der Waals surface area (Å²) in [5.74, 6) is 0.688. The third-order valence-corrected chi connectivity index (χ3v) is 6.96. The van der Waals surface area contributed by atoms with Crippen LogP contribution in [0.25, 0.3) is 11.3 Å². The molecule has 3 aromatic rings. The predicted molar refractivity (Wildman–Crippen MR) is 139 cm³/mol. The zero-order valence-electron chi connectivity index (χ0n) is 21.2. The highest BCUT2D eigenvalue weighted by molar-refractivity contribution is 5.94. The SMILES string of the molecule is Cc1ccc(-c2ccc(N3CCCN(C(=O)CN(CC4CCCO4)C(=O)c4ccco4)CC3)nn2)cc1. The summed E-state index contributed by atoms with van der Waals surface area (Å²) >= 11 is 0. The minimum absolute atomic E-state index is 0.00441. The lowest BCUT2D eigenvalue weighted by Crippen LogP contribution is -2.46. The van der Waals surface area contributed by atoms with E-state index >= 15 is 0 Å². The summed E-state index contributed by atoms with van der Waals surface area (Å²) in [6.07, 6.45) is 4.09. The number of anilines is 1. The van der Waals surface area contributed by atoms with Crippen LogP contribution in [0.5, 0.6) is 0 Å². The van der Waals surface area contributed by atoms with Crippen molar-refractivity contribution in [2.45, 2.75) is 32.3 Å². The Hall–Kier alpha value is -3.72. The number of aryl methyl sites for hydroxylation is 1. The maximum absolute atomic E-state index is 13.3. The van der Waals surface area contributed by atoms with Crippen molar-refractivity contribution in [2.75, 3.05) is 50.8 Å². The number of hydrogen-bond donors (Lipinski definition) is 0. The van der Waals surface area contributed by atoms with Crippen molar-refractivity contribution in [1.29, 1.82) is 0 Å². The molecule has 9 heteroatoms. The van der Waals surface area contributed by atoms with Gasteiger partial charge in [0, 0.05) is 44.9 Å². The molecule has 0 bridgehead atoms. The van der Waals surface area contributed by atoms with Gasteiger partial charge in [-0.1, -0.05) is 29.8 Å². The van der Waals surface area contributed by atoms with Crippen molar-refractivity contribution in [3.63, 3.8) is 0 Å². The number of carbonyl (C=O) groups is 2. The third kappa shape index (κ3) is 6.17. The second kappa shape index (κ2) is 11.6. The first-order chi connectivity index (χ1) is 18.1. The number of amides is 2. The monoisotopic (exact) mass is 503 g/mol. The van der Waals surface area contributed by atoms with Crippen molar-refractivity contribution >= 4 is 17.6 Å². The Morgan fingerprint density at radius 3 is 2.57 bits per heavy atom. The van der Waals surface area contributed by atoms with Crippen molar-refractivity contribution in [3.8, 4) is 11.3 Å². The van der Waals surface area contributed by atoms with Crippen LogP contribution in [0.4, 0.5) is 5.82 Å². The van der Waals surface area contributed by atoms with Gasteiger partial charge in [-0.15, -0.1) is 10.2 Å². The fourth-order valence-electron chi connectivity index (χ4n) is 4.84. The van der Waals surface area contributed by atoms with Gasteiger partial charge in [0.15, 0.2) is 11.6 Å². The number of carbonyl (C=O) groups excluding carboxylic acids is 2. The van der Waals surface area contributed by atoms with Gasteiger partial charge in [-0.2, -0.15) is 0 Å². The molecule has 194 valence electrons. The molecule has 2 aromatic heterocycles. The highest BCUT2D eigenvalue weighted by atomic mass is 16.5. The number of aromatic nitrogens is 2. The van der Waals surface area contributed by atoms with Gasteiger partial charge in [0.2, 0.25) is 5.91 Å². The summed E-state index contributed by atoms with van der Waals surface area (Å²) in [5.41, 5.74) is 3.08. The zero-order valence-corrected chi connectivity index (χ0v) is 21.2. The van der Waals surface area contributed by atoms with E-state index in [0.717, 1.165) is 42.9 Å². The number of ether oxygens (including phenoxy) is 1. The highest BCUT2D eigenvalue weighted by Gasteiger charge is 2.29. The first-order valence-electron chi connectivity index (χ1n) is 12.9. The van der Waals surface area contributed by atoms with Crippen LogP contribution < -0.4 is 4.90 Å². The first kappa shape index (κ1) is 25.0. The summed E-state index contributed by atoms with van der Waals surface area (Å²) in [4.78, 5) is 31.9. The van der Waals surface area contributed by atoms with Crippen LogP contribution in [-0.2, 0) is 9.53 Å². The van der Waals surface area contributed by atoms with E-state index in [1.165, 1.54) is 11.8 Å². The number of hydrogen-bond acceptors (Lipinski definition) is 7. The molecule has 0 aliphatic carbocycles. The molecule has 2 fully saturated rings. The number of benzene rings is 1. The van der Waals surface area contributed by atoms with Crippen LogP contribution in [0.15, 0.2) is 59.2 Å². The molecule has 1 aromatic carbocycles. The Morgan fingerprint density at radius 1 is 1.00 bits per heavy atom. The zero-order chi connectivity index (χ0) is 25.6. The summed E-state index contributed by atoms with van der Waals surface area (Å²) < 4.78 is 11.1. The average Bonchev–Trinajstić information content (AvgIpc) is 3.59. The van der Waals surface area contributed by atoms with E-state index in [4.69, 9.17) is 9.15 Å². The van der Waals surface area contributed by atoms with Crippen LogP contribution in [0.1, 0.15) is 35.4 Å². The van der Waals surface area contributed by atoms with E-state index in [-0.39, 0.29) is 30.2 Å². The van der Waals surface area contributed by atoms with E-state index in [2.05, 4.69) is 34.2 Å². The number of rotatable bonds is 7. The fourth-order valence-corrected chi connectivity index (χ4v) is 4.84. The normalized spacial score (nSPS) is 18.0. The van der Waals surface area contributed by atoms with Crippen LogP contribution >= 0.6 is 0 Å². The molecule has 2 saturated heterocycles. The Balaban J connectivity index is 1.20. The lowest BCUT2D eigenvalue weighted by atomic mass is 10.1. The largest absolute Gasteiger partial charge is 0.459 e. The average molecular weight is 504 g/mol. The van der Waals surface area contributed by atoms with Crippen LogP contribution in [0.3, 0.4) is 0 Å². The van der Waals surface area contributed by atoms with Gasteiger partial charge in [-0.25, -0.2) is 0 Å². The van der Waals surface area contributed by atoms with Gasteiger partial charge in [0.1, 0.15) is 6.54 Å². The molecule has 0 saturated carbocycles. The summed E-state index contributed by atoms with van der Waals surface area (Å²) in [7, 11) is 0. The molecule has 5 rings (SSSR count). The van der Waals surface area contributed by atoms with Crippen molar-refractivity contribution in [3.05, 3.63) is 66.1 Å². The van der Waals surface area contributed by atoms with Crippen molar-refractivity contribution in [1.82, 2.24) is 20.0 Å². The van der Waals surface area contributed by atoms with Gasteiger partial charge in [0.05, 0.1) is 18.1 Å². The molecule has 4 heterocycles. The number of furan rings is 1. The number of nitrogens with zero attached hydrogens (tertiary/aromatic N) is 5. The molecular weight excluding hydrogens is 470 g/mol. The van der Waals surface area contributed by atoms with Gasteiger partial charge in [-0.05, 0) is 50.5 Å². The maximum atomic E-state index is 13.3. The molecule has 2 aliphatic heterocycles. The Labute approximate surface area is 217 Å². The fraction of sp³-hybridized carbons (Fsp3) is 0.429. The van der Waals surface area contributed by atoms with Gasteiger partial charge in [-0.3, -0.25) is 9.59 Å². The molecule has 2 aliphatic rings. The van der Waals surface area contributed by atoms with Crippen molar-refractivity contribution in [2.24, 2.45) is 0 Å². The topological polar surface area (TPSA) is 92.0 Å². The quantitative estimate of drug-likeness (QED) is 0.488. The second-order valence-electron chi connectivity index (χ2n) is 9.66. The van der Waals surface area contributed by atoms with Crippen LogP contribution in [-0.4, -0.2) is 83.8 Å². The summed E-state index contributed by atoms with van der Waals surface area (Å²) in [6, 6.07) is 15.5. The molecule has 1 unspecified atom stereocenters.